The average Bonchev–Trinajstić information content (AvgIpc) is 3.09. The molecule has 238 valence electrons. The van der Waals surface area contributed by atoms with Gasteiger partial charge < -0.3 is 0 Å². The summed E-state index contributed by atoms with van der Waals surface area (Å²) in [6.07, 6.45) is 0. The van der Waals surface area contributed by atoms with Crippen molar-refractivity contribution in [3.05, 3.63) is 139 Å². The van der Waals surface area contributed by atoms with Crippen LogP contribution in [0.25, 0.3) is 43.8 Å². The Kier molecular flexibility index (Phi) is 7.03. The van der Waals surface area contributed by atoms with Gasteiger partial charge in [0.2, 0.25) is 6.71 Å². The van der Waals surface area contributed by atoms with Crippen LogP contribution in [-0.4, -0.2) is 6.71 Å². The Hall–Kier alpha value is -4.18. The molecule has 2 aliphatic rings. The summed E-state index contributed by atoms with van der Waals surface area (Å²) >= 11 is 3.94. The van der Waals surface area contributed by atoms with Gasteiger partial charge in [0.05, 0.1) is 0 Å². The second kappa shape index (κ2) is 11.2. The van der Waals surface area contributed by atoms with Crippen LogP contribution in [0.3, 0.4) is 0 Å². The summed E-state index contributed by atoms with van der Waals surface area (Å²) in [6, 6.07) is 48.5. The van der Waals surface area contributed by atoms with Gasteiger partial charge in [-0.1, -0.05) is 179 Å². The van der Waals surface area contributed by atoms with E-state index in [1.165, 1.54) is 90.9 Å². The Balaban J connectivity index is 1.33. The number of rotatable bonds is 2. The van der Waals surface area contributed by atoms with Crippen LogP contribution < -0.4 is 16.4 Å². The Bertz CT molecular complexity index is 2320. The van der Waals surface area contributed by atoms with E-state index in [2.05, 4.69) is 169 Å². The van der Waals surface area contributed by atoms with Crippen molar-refractivity contribution in [3.63, 3.8) is 0 Å². The van der Waals surface area contributed by atoms with Gasteiger partial charge in [-0.25, -0.2) is 0 Å². The third-order valence-corrected chi connectivity index (χ3v) is 12.8. The first-order valence-electron chi connectivity index (χ1n) is 17.4. The van der Waals surface area contributed by atoms with Gasteiger partial charge in [-0.3, -0.25) is 0 Å². The third kappa shape index (κ3) is 5.00. The van der Waals surface area contributed by atoms with Crippen LogP contribution in [0.1, 0.15) is 52.7 Å². The molecule has 0 atom stereocenters. The lowest BCUT2D eigenvalue weighted by atomic mass is 9.36. The van der Waals surface area contributed by atoms with Crippen LogP contribution in [-0.2, 0) is 10.8 Å². The van der Waals surface area contributed by atoms with Crippen LogP contribution in [0.2, 0.25) is 0 Å². The molecule has 0 radical (unpaired) electrons. The molecule has 0 saturated heterocycles. The molecule has 0 spiro atoms. The molecule has 0 unspecified atom stereocenters. The molecule has 7 aromatic carbocycles. The largest absolute Gasteiger partial charge is 0.247 e. The SMILES string of the molecule is CC(C)(C)c1ccc2c(c1)Sc1cc(-c3c4ccccc4c(-c4ccccc4)c4ccccc34)cc3c1B2c1ccc(C(C)(C)C)cc1S3. The molecule has 2 aliphatic heterocycles. The van der Waals surface area contributed by atoms with E-state index in [1.807, 2.05) is 23.5 Å². The van der Waals surface area contributed by atoms with Crippen LogP contribution in [0.5, 0.6) is 0 Å². The van der Waals surface area contributed by atoms with Crippen molar-refractivity contribution in [2.24, 2.45) is 0 Å². The standard InChI is InChI=1S/C46H39BS2/c1-45(2,3)30-20-22-36-38(26-30)48-40-24-29(25-41-44(40)47(36)37-23-21-31(46(4,5)6)27-39(37)49-41)43-34-18-12-10-16-32(34)42(28-14-8-7-9-15-28)33-17-11-13-19-35(33)43/h7-27H,1-6H3. The Morgan fingerprint density at radius 1 is 0.408 bits per heavy atom. The molecule has 0 saturated carbocycles. The van der Waals surface area contributed by atoms with Gasteiger partial charge in [0.15, 0.2) is 0 Å². The van der Waals surface area contributed by atoms with E-state index < -0.39 is 0 Å². The minimum absolute atomic E-state index is 0.0864. The van der Waals surface area contributed by atoms with Crippen molar-refractivity contribution in [1.82, 2.24) is 0 Å². The Labute approximate surface area is 299 Å². The maximum atomic E-state index is 2.51. The second-order valence-corrected chi connectivity index (χ2v) is 17.9. The molecular formula is C46H39BS2. The fraction of sp³-hybridized carbons (Fsp3) is 0.174. The fourth-order valence-electron chi connectivity index (χ4n) is 7.93. The smallest absolute Gasteiger partial charge is 0.0911 e. The lowest BCUT2D eigenvalue weighted by Crippen LogP contribution is -2.58. The minimum Gasteiger partial charge on any atom is -0.0911 e. The van der Waals surface area contributed by atoms with Gasteiger partial charge in [-0.05, 0) is 95.5 Å². The highest BCUT2D eigenvalue weighted by atomic mass is 32.2. The Morgan fingerprint density at radius 3 is 1.24 bits per heavy atom. The topological polar surface area (TPSA) is 0 Å². The first-order valence-corrected chi connectivity index (χ1v) is 19.0. The lowest BCUT2D eigenvalue weighted by Gasteiger charge is -2.35. The zero-order chi connectivity index (χ0) is 33.7. The normalized spacial score (nSPS) is 13.7. The first-order chi connectivity index (χ1) is 23.6. The number of fused-ring (bicyclic) bond motifs is 6. The Morgan fingerprint density at radius 2 is 0.816 bits per heavy atom. The number of hydrogen-bond donors (Lipinski definition) is 0. The first kappa shape index (κ1) is 30.9. The van der Waals surface area contributed by atoms with Crippen molar-refractivity contribution in [2.45, 2.75) is 72.0 Å². The van der Waals surface area contributed by atoms with Crippen molar-refractivity contribution in [1.29, 1.82) is 0 Å². The molecule has 0 aromatic heterocycles. The van der Waals surface area contributed by atoms with E-state index in [0.717, 1.165) is 0 Å². The fourth-order valence-corrected chi connectivity index (χ4v) is 10.5. The molecule has 49 heavy (non-hydrogen) atoms. The summed E-state index contributed by atoms with van der Waals surface area (Å²) in [4.78, 5) is 5.55. The predicted molar refractivity (Wildman–Crippen MR) is 216 cm³/mol. The van der Waals surface area contributed by atoms with Gasteiger partial charge in [-0.15, -0.1) is 0 Å². The third-order valence-electron chi connectivity index (χ3n) is 10.5. The molecule has 2 heterocycles. The summed E-state index contributed by atoms with van der Waals surface area (Å²) < 4.78 is 0. The monoisotopic (exact) mass is 666 g/mol. The molecule has 3 heteroatoms. The summed E-state index contributed by atoms with van der Waals surface area (Å²) in [5.74, 6) is 0. The second-order valence-electron chi connectivity index (χ2n) is 15.7. The molecule has 7 aromatic rings. The highest BCUT2D eigenvalue weighted by Crippen LogP contribution is 2.47. The molecule has 0 fully saturated rings. The zero-order valence-corrected chi connectivity index (χ0v) is 30.7. The highest BCUT2D eigenvalue weighted by molar-refractivity contribution is 8.01. The maximum absolute atomic E-state index is 2.51. The molecule has 0 amide bonds. The van der Waals surface area contributed by atoms with E-state index in [-0.39, 0.29) is 17.5 Å². The molecule has 9 rings (SSSR count). The quantitative estimate of drug-likeness (QED) is 0.133. The lowest BCUT2D eigenvalue weighted by molar-refractivity contribution is 0.589. The summed E-state index contributed by atoms with van der Waals surface area (Å²) in [6.45, 7) is 14.2. The van der Waals surface area contributed by atoms with Crippen LogP contribution in [0, 0.1) is 0 Å². The average molecular weight is 667 g/mol. The van der Waals surface area contributed by atoms with E-state index in [4.69, 9.17) is 0 Å². The molecule has 0 nitrogen and oxygen atoms in total. The van der Waals surface area contributed by atoms with Crippen LogP contribution in [0.15, 0.2) is 147 Å². The highest BCUT2D eigenvalue weighted by Gasteiger charge is 2.39. The van der Waals surface area contributed by atoms with E-state index in [1.54, 1.807) is 0 Å². The van der Waals surface area contributed by atoms with Gasteiger partial charge >= 0.3 is 0 Å². The van der Waals surface area contributed by atoms with Crippen molar-refractivity contribution < 1.29 is 0 Å². The van der Waals surface area contributed by atoms with Gasteiger partial charge in [0, 0.05) is 19.6 Å². The van der Waals surface area contributed by atoms with Gasteiger partial charge in [-0.2, -0.15) is 0 Å². The number of benzene rings is 7. The maximum Gasteiger partial charge on any atom is 0.247 e. The zero-order valence-electron chi connectivity index (χ0n) is 29.0. The number of hydrogen-bond acceptors (Lipinski definition) is 2. The van der Waals surface area contributed by atoms with Crippen LogP contribution >= 0.6 is 23.5 Å². The van der Waals surface area contributed by atoms with Crippen molar-refractivity contribution in [2.75, 3.05) is 0 Å². The van der Waals surface area contributed by atoms with E-state index >= 15 is 0 Å². The van der Waals surface area contributed by atoms with Crippen molar-refractivity contribution in [3.8, 4) is 22.3 Å². The molecular weight excluding hydrogens is 627 g/mol. The summed E-state index contributed by atoms with van der Waals surface area (Å²) in [5, 5.41) is 5.20. The van der Waals surface area contributed by atoms with Crippen molar-refractivity contribution >= 4 is 68.2 Å². The van der Waals surface area contributed by atoms with E-state index in [0.29, 0.717) is 0 Å². The van der Waals surface area contributed by atoms with Gasteiger partial charge in [0.25, 0.3) is 0 Å². The molecule has 0 bridgehead atoms. The minimum atomic E-state index is 0.0864. The summed E-state index contributed by atoms with van der Waals surface area (Å²) in [7, 11) is 0. The van der Waals surface area contributed by atoms with E-state index in [9.17, 15) is 0 Å². The van der Waals surface area contributed by atoms with Gasteiger partial charge in [0.1, 0.15) is 0 Å². The predicted octanol–water partition coefficient (Wildman–Crippen LogP) is 11.4. The molecule has 0 aliphatic carbocycles. The van der Waals surface area contributed by atoms with Crippen LogP contribution in [0.4, 0.5) is 0 Å². The summed E-state index contributed by atoms with van der Waals surface area (Å²) in [5.41, 5.74) is 12.5. The molecule has 0 N–H and O–H groups in total.